The Balaban J connectivity index is 1.53. The minimum Gasteiger partial charge on any atom is -0.497 e. The summed E-state index contributed by atoms with van der Waals surface area (Å²) in [4.78, 5) is 17.3. The van der Waals surface area contributed by atoms with Crippen molar-refractivity contribution in [3.63, 3.8) is 0 Å². The first-order chi connectivity index (χ1) is 11.0. The van der Waals surface area contributed by atoms with E-state index in [1.807, 2.05) is 12.1 Å². The third-order valence-electron chi connectivity index (χ3n) is 6.16. The first kappa shape index (κ1) is 15.0. The molecule has 0 spiro atoms. The van der Waals surface area contributed by atoms with Crippen molar-refractivity contribution in [2.75, 3.05) is 33.8 Å². The van der Waals surface area contributed by atoms with Gasteiger partial charge in [-0.2, -0.15) is 0 Å². The Labute approximate surface area is 138 Å². The molecule has 1 saturated carbocycles. The van der Waals surface area contributed by atoms with Crippen molar-refractivity contribution in [2.24, 2.45) is 17.3 Å². The number of rotatable bonds is 3. The van der Waals surface area contributed by atoms with E-state index < -0.39 is 0 Å². The number of benzene rings is 1. The van der Waals surface area contributed by atoms with Crippen molar-refractivity contribution in [3.05, 3.63) is 29.8 Å². The van der Waals surface area contributed by atoms with Crippen LogP contribution >= 0.6 is 0 Å². The fourth-order valence-electron chi connectivity index (χ4n) is 4.51. The average molecular weight is 314 g/mol. The molecule has 0 radical (unpaired) electrons. The summed E-state index contributed by atoms with van der Waals surface area (Å²) < 4.78 is 5.27. The normalized spacial score (nSPS) is 32.0. The van der Waals surface area contributed by atoms with Gasteiger partial charge in [-0.05, 0) is 43.5 Å². The Kier molecular flexibility index (Phi) is 3.41. The second-order valence-corrected chi connectivity index (χ2v) is 7.85. The second-order valence-electron chi connectivity index (χ2n) is 7.85. The quantitative estimate of drug-likeness (QED) is 0.859. The van der Waals surface area contributed by atoms with Gasteiger partial charge < -0.3 is 9.64 Å². The predicted octanol–water partition coefficient (Wildman–Crippen LogP) is 2.56. The van der Waals surface area contributed by atoms with Crippen LogP contribution in [0.4, 0.5) is 0 Å². The van der Waals surface area contributed by atoms with Crippen LogP contribution in [0.3, 0.4) is 0 Å². The van der Waals surface area contributed by atoms with Gasteiger partial charge in [-0.15, -0.1) is 0 Å². The predicted molar refractivity (Wildman–Crippen MR) is 89.3 cm³/mol. The molecule has 124 valence electrons. The van der Waals surface area contributed by atoms with Crippen LogP contribution in [0.15, 0.2) is 24.3 Å². The largest absolute Gasteiger partial charge is 0.497 e. The van der Waals surface area contributed by atoms with Crippen LogP contribution in [0.2, 0.25) is 0 Å². The first-order valence-corrected chi connectivity index (χ1v) is 8.65. The number of hydrogen-bond donors (Lipinski definition) is 0. The molecule has 3 aliphatic rings. The van der Waals surface area contributed by atoms with E-state index in [2.05, 4.69) is 35.9 Å². The van der Waals surface area contributed by atoms with Crippen molar-refractivity contribution < 1.29 is 9.53 Å². The number of likely N-dealkylation sites (tertiary alicyclic amines) is 2. The van der Waals surface area contributed by atoms with Crippen LogP contribution in [-0.4, -0.2) is 49.5 Å². The van der Waals surface area contributed by atoms with E-state index in [1.165, 1.54) is 5.56 Å². The van der Waals surface area contributed by atoms with E-state index in [0.29, 0.717) is 23.8 Å². The van der Waals surface area contributed by atoms with Crippen LogP contribution in [0.1, 0.15) is 31.4 Å². The van der Waals surface area contributed by atoms with Gasteiger partial charge >= 0.3 is 0 Å². The molecule has 3 fully saturated rings. The van der Waals surface area contributed by atoms with Crippen LogP contribution < -0.4 is 4.74 Å². The van der Waals surface area contributed by atoms with Crippen LogP contribution in [-0.2, 0) is 4.79 Å². The topological polar surface area (TPSA) is 32.8 Å². The molecule has 1 aliphatic carbocycles. The number of carbonyl (C=O) groups is 1. The van der Waals surface area contributed by atoms with Crippen molar-refractivity contribution in [1.82, 2.24) is 9.80 Å². The molecular formula is C19H26N2O2. The molecule has 2 saturated heterocycles. The van der Waals surface area contributed by atoms with Gasteiger partial charge in [-0.1, -0.05) is 19.1 Å². The van der Waals surface area contributed by atoms with Gasteiger partial charge in [0.05, 0.1) is 7.11 Å². The fourth-order valence-corrected chi connectivity index (χ4v) is 4.51. The fraction of sp³-hybridized carbons (Fsp3) is 0.632. The number of fused-ring (bicyclic) bond motifs is 1. The SMILES string of the molecule is COc1ccc([C@H]2[C@@H]3CN(C(=O)C4(C)CC4)C[C@@H]3CN2C)cc1. The van der Waals surface area contributed by atoms with Gasteiger partial charge in [-0.3, -0.25) is 9.69 Å². The highest BCUT2D eigenvalue weighted by Gasteiger charge is 2.52. The third-order valence-corrected chi connectivity index (χ3v) is 6.16. The molecule has 0 unspecified atom stereocenters. The van der Waals surface area contributed by atoms with Crippen molar-refractivity contribution in [1.29, 1.82) is 0 Å². The summed E-state index contributed by atoms with van der Waals surface area (Å²) in [5.41, 5.74) is 1.30. The number of ether oxygens (including phenoxy) is 1. The molecule has 1 amide bonds. The van der Waals surface area contributed by atoms with E-state index in [4.69, 9.17) is 4.74 Å². The Morgan fingerprint density at radius 3 is 2.48 bits per heavy atom. The highest BCUT2D eigenvalue weighted by molar-refractivity contribution is 5.85. The molecule has 4 rings (SSSR count). The van der Waals surface area contributed by atoms with Gasteiger partial charge in [0.2, 0.25) is 5.91 Å². The molecule has 0 aromatic heterocycles. The Morgan fingerprint density at radius 1 is 1.17 bits per heavy atom. The number of hydrogen-bond acceptors (Lipinski definition) is 3. The van der Waals surface area contributed by atoms with Gasteiger partial charge in [0.1, 0.15) is 5.75 Å². The molecule has 1 aromatic carbocycles. The maximum Gasteiger partial charge on any atom is 0.228 e. The molecule has 4 heteroatoms. The molecular weight excluding hydrogens is 288 g/mol. The lowest BCUT2D eigenvalue weighted by Crippen LogP contribution is -2.37. The summed E-state index contributed by atoms with van der Waals surface area (Å²) in [5.74, 6) is 2.46. The van der Waals surface area contributed by atoms with Gasteiger partial charge in [0.25, 0.3) is 0 Å². The summed E-state index contributed by atoms with van der Waals surface area (Å²) in [6.07, 6.45) is 2.14. The minimum absolute atomic E-state index is 0.0415. The summed E-state index contributed by atoms with van der Waals surface area (Å²) >= 11 is 0. The van der Waals surface area contributed by atoms with Crippen LogP contribution in [0.25, 0.3) is 0 Å². The van der Waals surface area contributed by atoms with Crippen molar-refractivity contribution in [3.8, 4) is 5.75 Å². The highest BCUT2D eigenvalue weighted by Crippen LogP contribution is 2.50. The average Bonchev–Trinajstić information content (AvgIpc) is 3.06. The zero-order chi connectivity index (χ0) is 16.2. The summed E-state index contributed by atoms with van der Waals surface area (Å²) in [7, 11) is 3.91. The lowest BCUT2D eigenvalue weighted by molar-refractivity contribution is -0.135. The summed E-state index contributed by atoms with van der Waals surface area (Å²) in [6, 6.07) is 8.85. The lowest BCUT2D eigenvalue weighted by Gasteiger charge is -2.28. The van der Waals surface area contributed by atoms with Gasteiger partial charge in [-0.25, -0.2) is 0 Å². The summed E-state index contributed by atoms with van der Waals surface area (Å²) in [6.45, 7) is 5.06. The van der Waals surface area contributed by atoms with Gasteiger partial charge in [0.15, 0.2) is 0 Å². The molecule has 0 N–H and O–H groups in total. The highest BCUT2D eigenvalue weighted by atomic mass is 16.5. The Hall–Kier alpha value is -1.55. The second kappa shape index (κ2) is 5.23. The molecule has 1 aromatic rings. The van der Waals surface area contributed by atoms with E-state index in [1.54, 1.807) is 7.11 Å². The van der Waals surface area contributed by atoms with Crippen molar-refractivity contribution in [2.45, 2.75) is 25.8 Å². The maximum absolute atomic E-state index is 12.7. The standard InChI is InChI=1S/C19H26N2O2/c1-19(8-9-19)18(22)21-11-14-10-20(2)17(16(14)12-21)13-4-6-15(23-3)7-5-13/h4-7,14,16-17H,8-12H2,1-3H3/t14-,16+,17-/m0/s1. The zero-order valence-electron chi connectivity index (χ0n) is 14.3. The lowest BCUT2D eigenvalue weighted by atomic mass is 9.89. The van der Waals surface area contributed by atoms with E-state index in [9.17, 15) is 4.79 Å². The van der Waals surface area contributed by atoms with Gasteiger partial charge in [0, 0.05) is 37.0 Å². The minimum atomic E-state index is -0.0415. The Bertz CT molecular complexity index is 608. The zero-order valence-corrected chi connectivity index (χ0v) is 14.3. The monoisotopic (exact) mass is 314 g/mol. The Morgan fingerprint density at radius 2 is 1.87 bits per heavy atom. The number of nitrogens with zero attached hydrogens (tertiary/aromatic N) is 2. The van der Waals surface area contributed by atoms with Crippen LogP contribution in [0.5, 0.6) is 5.75 Å². The number of methoxy groups -OCH3 is 1. The first-order valence-electron chi connectivity index (χ1n) is 8.65. The third kappa shape index (κ3) is 2.44. The van der Waals surface area contributed by atoms with E-state index in [-0.39, 0.29) is 5.41 Å². The maximum atomic E-state index is 12.7. The molecule has 2 heterocycles. The molecule has 0 bridgehead atoms. The van der Waals surface area contributed by atoms with Crippen LogP contribution in [0, 0.1) is 17.3 Å². The summed E-state index contributed by atoms with van der Waals surface area (Å²) in [5, 5.41) is 0. The molecule has 4 nitrogen and oxygen atoms in total. The van der Waals surface area contributed by atoms with Crippen molar-refractivity contribution >= 4 is 5.91 Å². The number of amides is 1. The molecule has 23 heavy (non-hydrogen) atoms. The van der Waals surface area contributed by atoms with E-state index >= 15 is 0 Å². The smallest absolute Gasteiger partial charge is 0.228 e. The molecule has 3 atom stereocenters. The van der Waals surface area contributed by atoms with E-state index in [0.717, 1.165) is 38.2 Å². The number of carbonyl (C=O) groups excluding carboxylic acids is 1. The molecule has 2 aliphatic heterocycles.